The number of ether oxygens (including phenoxy) is 1. The maximum absolute atomic E-state index is 12.8. The first kappa shape index (κ1) is 23.6. The summed E-state index contributed by atoms with van der Waals surface area (Å²) in [4.78, 5) is 37.5. The number of carbonyl (C=O) groups is 3. The van der Waals surface area contributed by atoms with Gasteiger partial charge in [-0.1, -0.05) is 70.2 Å². The second kappa shape index (κ2) is 11.0. The number of nitrogens with zero attached hydrogens (tertiary/aromatic N) is 1. The summed E-state index contributed by atoms with van der Waals surface area (Å²) in [5.74, 6) is -3.58. The molecule has 0 aliphatic carbocycles. The molecule has 2 atom stereocenters. The summed E-state index contributed by atoms with van der Waals surface area (Å²) in [5, 5.41) is 15.6. The SMILES string of the molecule is COC(=O)[C@H]1C(=O)NC(SCC(=O)NCc2ccccc2)=C(C#N)[C@H]1c1cccc(Br)c1. The lowest BCUT2D eigenvalue weighted by Crippen LogP contribution is -2.44. The van der Waals surface area contributed by atoms with Crippen molar-refractivity contribution in [1.29, 1.82) is 5.26 Å². The molecule has 9 heteroatoms. The van der Waals surface area contributed by atoms with E-state index in [1.54, 1.807) is 18.2 Å². The summed E-state index contributed by atoms with van der Waals surface area (Å²) in [7, 11) is 1.20. The van der Waals surface area contributed by atoms with Crippen molar-refractivity contribution in [2.24, 2.45) is 5.92 Å². The first-order valence-electron chi connectivity index (χ1n) is 9.66. The summed E-state index contributed by atoms with van der Waals surface area (Å²) in [6.07, 6.45) is 0. The van der Waals surface area contributed by atoms with Gasteiger partial charge in [0.2, 0.25) is 11.8 Å². The van der Waals surface area contributed by atoms with Gasteiger partial charge < -0.3 is 15.4 Å². The number of esters is 1. The Morgan fingerprint density at radius 1 is 1.22 bits per heavy atom. The Labute approximate surface area is 198 Å². The summed E-state index contributed by atoms with van der Waals surface area (Å²) in [6.45, 7) is 0.377. The molecule has 2 N–H and O–H groups in total. The maximum atomic E-state index is 12.8. The number of nitriles is 1. The van der Waals surface area contributed by atoms with Crippen LogP contribution in [0.2, 0.25) is 0 Å². The maximum Gasteiger partial charge on any atom is 0.319 e. The summed E-state index contributed by atoms with van der Waals surface area (Å²) >= 11 is 4.44. The molecule has 2 aromatic rings. The van der Waals surface area contributed by atoms with E-state index in [0.717, 1.165) is 21.8 Å². The van der Waals surface area contributed by atoms with Crippen molar-refractivity contribution in [3.05, 3.63) is 80.8 Å². The zero-order valence-corrected chi connectivity index (χ0v) is 19.5. The van der Waals surface area contributed by atoms with E-state index in [0.29, 0.717) is 12.1 Å². The molecule has 2 amide bonds. The van der Waals surface area contributed by atoms with E-state index in [1.807, 2.05) is 36.4 Å². The number of amides is 2. The summed E-state index contributed by atoms with van der Waals surface area (Å²) < 4.78 is 5.57. The molecule has 1 aliphatic rings. The molecule has 32 heavy (non-hydrogen) atoms. The fourth-order valence-electron chi connectivity index (χ4n) is 3.36. The molecule has 1 aliphatic heterocycles. The minimum absolute atomic E-state index is 0.00171. The van der Waals surface area contributed by atoms with Gasteiger partial charge >= 0.3 is 5.97 Å². The third-order valence-corrected chi connectivity index (χ3v) is 6.38. The Balaban J connectivity index is 1.83. The number of hydrogen-bond donors (Lipinski definition) is 2. The normalized spacial score (nSPS) is 17.8. The van der Waals surface area contributed by atoms with E-state index in [2.05, 4.69) is 32.6 Å². The van der Waals surface area contributed by atoms with Crippen LogP contribution in [0.15, 0.2) is 69.7 Å². The molecule has 0 bridgehead atoms. The van der Waals surface area contributed by atoms with Gasteiger partial charge in [-0.3, -0.25) is 14.4 Å². The van der Waals surface area contributed by atoms with Gasteiger partial charge in [-0.2, -0.15) is 5.26 Å². The van der Waals surface area contributed by atoms with Crippen LogP contribution >= 0.6 is 27.7 Å². The number of halogens is 1. The van der Waals surface area contributed by atoms with Gasteiger partial charge in [0, 0.05) is 16.9 Å². The van der Waals surface area contributed by atoms with E-state index in [1.165, 1.54) is 7.11 Å². The highest BCUT2D eigenvalue weighted by Crippen LogP contribution is 2.40. The van der Waals surface area contributed by atoms with Crippen LogP contribution in [0.3, 0.4) is 0 Å². The van der Waals surface area contributed by atoms with Crippen molar-refractivity contribution in [3.63, 3.8) is 0 Å². The van der Waals surface area contributed by atoms with Gasteiger partial charge in [-0.05, 0) is 23.3 Å². The number of nitrogens with one attached hydrogen (secondary N) is 2. The van der Waals surface area contributed by atoms with Crippen LogP contribution in [0, 0.1) is 17.2 Å². The zero-order chi connectivity index (χ0) is 23.1. The number of thioether (sulfide) groups is 1. The lowest BCUT2D eigenvalue weighted by Gasteiger charge is -2.31. The van der Waals surface area contributed by atoms with Crippen molar-refractivity contribution in [3.8, 4) is 6.07 Å². The van der Waals surface area contributed by atoms with Gasteiger partial charge in [0.05, 0.1) is 29.5 Å². The topological polar surface area (TPSA) is 108 Å². The van der Waals surface area contributed by atoms with Crippen molar-refractivity contribution < 1.29 is 19.1 Å². The Bertz CT molecular complexity index is 1100. The molecule has 3 rings (SSSR count). The molecule has 0 aromatic heterocycles. The van der Waals surface area contributed by atoms with E-state index in [4.69, 9.17) is 4.74 Å². The highest BCUT2D eigenvalue weighted by molar-refractivity contribution is 9.10. The average molecular weight is 514 g/mol. The summed E-state index contributed by atoms with van der Waals surface area (Å²) in [5.41, 5.74) is 1.79. The Morgan fingerprint density at radius 3 is 2.62 bits per heavy atom. The second-order valence-corrected chi connectivity index (χ2v) is 8.83. The first-order valence-corrected chi connectivity index (χ1v) is 11.4. The lowest BCUT2D eigenvalue weighted by atomic mass is 9.78. The lowest BCUT2D eigenvalue weighted by molar-refractivity contribution is -0.150. The highest BCUT2D eigenvalue weighted by atomic mass is 79.9. The van der Waals surface area contributed by atoms with Crippen LogP contribution in [0.4, 0.5) is 0 Å². The number of carbonyl (C=O) groups excluding carboxylic acids is 3. The minimum Gasteiger partial charge on any atom is -0.468 e. The number of methoxy groups -OCH3 is 1. The summed E-state index contributed by atoms with van der Waals surface area (Å²) in [6, 6.07) is 18.7. The molecule has 0 saturated heterocycles. The van der Waals surface area contributed by atoms with Gasteiger partial charge in [0.25, 0.3) is 0 Å². The number of hydrogen-bond acceptors (Lipinski definition) is 6. The predicted molar refractivity (Wildman–Crippen MR) is 124 cm³/mol. The smallest absolute Gasteiger partial charge is 0.319 e. The van der Waals surface area contributed by atoms with Crippen LogP contribution in [0.25, 0.3) is 0 Å². The molecular formula is C23H20BrN3O4S. The quantitative estimate of drug-likeness (QED) is 0.434. The van der Waals surface area contributed by atoms with Gasteiger partial charge in [0.15, 0.2) is 0 Å². The van der Waals surface area contributed by atoms with E-state index < -0.39 is 23.7 Å². The van der Waals surface area contributed by atoms with Gasteiger partial charge in [0.1, 0.15) is 5.92 Å². The average Bonchev–Trinajstić information content (AvgIpc) is 2.81. The monoisotopic (exact) mass is 513 g/mol. The molecular weight excluding hydrogens is 494 g/mol. The number of allylic oxidation sites excluding steroid dienone is 1. The van der Waals surface area contributed by atoms with Crippen molar-refractivity contribution in [2.45, 2.75) is 12.5 Å². The first-order chi connectivity index (χ1) is 15.4. The van der Waals surface area contributed by atoms with E-state index in [9.17, 15) is 19.6 Å². The van der Waals surface area contributed by atoms with Crippen LogP contribution < -0.4 is 10.6 Å². The molecule has 2 aromatic carbocycles. The Morgan fingerprint density at radius 2 is 1.97 bits per heavy atom. The van der Waals surface area contributed by atoms with Crippen LogP contribution in [-0.4, -0.2) is 30.6 Å². The molecule has 0 radical (unpaired) electrons. The standard InChI is InChI=1S/C23H20BrN3O4S/c1-31-23(30)20-19(15-8-5-9-16(24)10-15)17(11-25)22(27-21(20)29)32-13-18(28)26-12-14-6-3-2-4-7-14/h2-10,19-20H,12-13H2,1H3,(H,26,28)(H,27,29)/t19-,20-/m1/s1. The Kier molecular flexibility index (Phi) is 8.09. The molecule has 0 fully saturated rings. The largest absolute Gasteiger partial charge is 0.468 e. The molecule has 7 nitrogen and oxygen atoms in total. The Hall–Kier alpha value is -3.09. The van der Waals surface area contributed by atoms with Crippen LogP contribution in [-0.2, 0) is 25.7 Å². The number of rotatable bonds is 7. The third kappa shape index (κ3) is 5.58. The molecule has 164 valence electrons. The second-order valence-electron chi connectivity index (χ2n) is 6.93. The number of benzene rings is 2. The van der Waals surface area contributed by atoms with E-state index in [-0.39, 0.29) is 22.3 Å². The fourth-order valence-corrected chi connectivity index (χ4v) is 4.66. The molecule has 0 unspecified atom stereocenters. The zero-order valence-electron chi connectivity index (χ0n) is 17.1. The van der Waals surface area contributed by atoms with E-state index >= 15 is 0 Å². The molecule has 0 saturated carbocycles. The van der Waals surface area contributed by atoms with Gasteiger partial charge in [-0.25, -0.2) is 0 Å². The molecule has 0 spiro atoms. The van der Waals surface area contributed by atoms with Crippen LogP contribution in [0.1, 0.15) is 17.0 Å². The van der Waals surface area contributed by atoms with Crippen molar-refractivity contribution >= 4 is 45.5 Å². The van der Waals surface area contributed by atoms with Gasteiger partial charge in [-0.15, -0.1) is 0 Å². The van der Waals surface area contributed by atoms with Crippen molar-refractivity contribution in [1.82, 2.24) is 10.6 Å². The van der Waals surface area contributed by atoms with Crippen molar-refractivity contribution in [2.75, 3.05) is 12.9 Å². The molecule has 1 heterocycles. The fraction of sp³-hybridized carbons (Fsp3) is 0.217. The van der Waals surface area contributed by atoms with Crippen LogP contribution in [0.5, 0.6) is 0 Å². The minimum atomic E-state index is -1.21. The highest BCUT2D eigenvalue weighted by Gasteiger charge is 2.44. The predicted octanol–water partition coefficient (Wildman–Crippen LogP) is 3.24. The third-order valence-electron chi connectivity index (χ3n) is 4.87.